The van der Waals surface area contributed by atoms with Gasteiger partial charge in [-0.05, 0) is 19.3 Å². The predicted molar refractivity (Wildman–Crippen MR) is 59.8 cm³/mol. The van der Waals surface area contributed by atoms with Crippen LogP contribution in [0.3, 0.4) is 0 Å². The molecule has 0 saturated heterocycles. The number of carbonyl (C=O) groups is 1. The summed E-state index contributed by atoms with van der Waals surface area (Å²) in [6, 6.07) is 0. The summed E-state index contributed by atoms with van der Waals surface area (Å²) in [5, 5.41) is 8.34. The number of rotatable bonds is 10. The first-order chi connectivity index (χ1) is 7.48. The summed E-state index contributed by atoms with van der Waals surface area (Å²) in [5.74, 6) is -1.47. The van der Waals surface area contributed by atoms with E-state index >= 15 is 0 Å². The van der Waals surface area contributed by atoms with Crippen molar-refractivity contribution in [1.29, 1.82) is 0 Å². The molecule has 0 aliphatic rings. The van der Waals surface area contributed by atoms with Gasteiger partial charge < -0.3 is 9.84 Å². The summed E-state index contributed by atoms with van der Waals surface area (Å²) in [4.78, 5) is 10.2. The molecule has 0 rings (SSSR count). The molecule has 0 atom stereocenters. The number of carboxylic acid groups (broad SMARTS) is 1. The van der Waals surface area contributed by atoms with Crippen molar-refractivity contribution in [2.24, 2.45) is 0 Å². The van der Waals surface area contributed by atoms with Crippen LogP contribution in [0.2, 0.25) is 0 Å². The molecule has 0 aromatic carbocycles. The molecule has 0 aromatic heterocycles. The number of ether oxygens (including phenoxy) is 1. The van der Waals surface area contributed by atoms with Gasteiger partial charge in [0.1, 0.15) is 0 Å². The van der Waals surface area contributed by atoms with Gasteiger partial charge in [0.05, 0.1) is 12.2 Å². The lowest BCUT2D eigenvalue weighted by molar-refractivity contribution is -0.136. The van der Waals surface area contributed by atoms with Gasteiger partial charge in [-0.15, -0.1) is 0 Å². The van der Waals surface area contributed by atoms with E-state index in [2.05, 4.69) is 4.72 Å². The Labute approximate surface area is 96.0 Å². The van der Waals surface area contributed by atoms with Crippen LogP contribution in [-0.4, -0.2) is 45.5 Å². The average molecular weight is 253 g/mol. The number of methoxy groups -OCH3 is 1. The summed E-state index contributed by atoms with van der Waals surface area (Å²) in [6.07, 6.45) is 2.15. The Bertz CT molecular complexity index is 288. The van der Waals surface area contributed by atoms with Crippen molar-refractivity contribution in [3.05, 3.63) is 0 Å². The van der Waals surface area contributed by atoms with E-state index in [4.69, 9.17) is 9.84 Å². The maximum atomic E-state index is 11.2. The van der Waals surface area contributed by atoms with E-state index in [0.717, 1.165) is 19.3 Å². The lowest BCUT2D eigenvalue weighted by Crippen LogP contribution is -2.28. The van der Waals surface area contributed by atoms with Crippen LogP contribution in [0.15, 0.2) is 0 Å². The number of hydrogen-bond donors (Lipinski definition) is 2. The zero-order valence-electron chi connectivity index (χ0n) is 9.44. The number of aliphatic carboxylic acids is 1. The highest BCUT2D eigenvalue weighted by Gasteiger charge is 2.11. The van der Waals surface area contributed by atoms with E-state index in [0.29, 0.717) is 13.2 Å². The van der Waals surface area contributed by atoms with Crippen molar-refractivity contribution in [2.75, 3.05) is 26.0 Å². The predicted octanol–water partition coefficient (Wildman–Crippen LogP) is 0.197. The first-order valence-electron chi connectivity index (χ1n) is 5.16. The first kappa shape index (κ1) is 15.3. The molecule has 0 aliphatic heterocycles. The fourth-order valence-electron chi connectivity index (χ4n) is 1.07. The van der Waals surface area contributed by atoms with Gasteiger partial charge >= 0.3 is 5.97 Å². The molecule has 0 spiro atoms. The normalized spacial score (nSPS) is 11.6. The highest BCUT2D eigenvalue weighted by atomic mass is 32.2. The van der Waals surface area contributed by atoms with Crippen molar-refractivity contribution in [3.8, 4) is 0 Å². The third-order valence-electron chi connectivity index (χ3n) is 1.93. The number of carboxylic acids is 1. The van der Waals surface area contributed by atoms with Crippen molar-refractivity contribution in [2.45, 2.75) is 25.7 Å². The van der Waals surface area contributed by atoms with Gasteiger partial charge in [0.25, 0.3) is 0 Å². The van der Waals surface area contributed by atoms with Crippen LogP contribution >= 0.6 is 0 Å². The molecule has 0 bridgehead atoms. The number of sulfonamides is 1. The maximum absolute atomic E-state index is 11.2. The van der Waals surface area contributed by atoms with E-state index in [9.17, 15) is 13.2 Å². The average Bonchev–Trinajstić information content (AvgIpc) is 2.21. The van der Waals surface area contributed by atoms with Gasteiger partial charge in [-0.1, -0.05) is 0 Å². The van der Waals surface area contributed by atoms with Crippen molar-refractivity contribution >= 4 is 16.0 Å². The minimum atomic E-state index is -3.43. The Hall–Kier alpha value is -0.660. The number of hydrogen-bond acceptors (Lipinski definition) is 4. The molecule has 0 aromatic rings. The van der Waals surface area contributed by atoms with E-state index in [-0.39, 0.29) is 12.2 Å². The molecule has 2 N–H and O–H groups in total. The fraction of sp³-hybridized carbons (Fsp3) is 0.889. The Morgan fingerprint density at radius 2 is 2.00 bits per heavy atom. The van der Waals surface area contributed by atoms with E-state index < -0.39 is 16.0 Å². The maximum Gasteiger partial charge on any atom is 0.304 e. The molecule has 0 unspecified atom stereocenters. The summed E-state index contributed by atoms with van der Waals surface area (Å²) in [6.45, 7) is 1.03. The molecule has 96 valence electrons. The smallest absolute Gasteiger partial charge is 0.304 e. The summed E-state index contributed by atoms with van der Waals surface area (Å²) >= 11 is 0. The van der Waals surface area contributed by atoms with Crippen LogP contribution in [0, 0.1) is 0 Å². The standard InChI is InChI=1S/C9H19NO5S/c1-15-7-4-2-3-6-10-16(13,14)8-5-9(11)12/h10H,2-8H2,1H3,(H,11,12). The van der Waals surface area contributed by atoms with Crippen LogP contribution in [0.5, 0.6) is 0 Å². The van der Waals surface area contributed by atoms with Crippen molar-refractivity contribution in [1.82, 2.24) is 4.72 Å². The van der Waals surface area contributed by atoms with Gasteiger partial charge in [0.15, 0.2) is 0 Å². The Kier molecular flexibility index (Phi) is 8.14. The third-order valence-corrected chi connectivity index (χ3v) is 3.32. The summed E-state index contributed by atoms with van der Waals surface area (Å²) in [7, 11) is -1.81. The van der Waals surface area contributed by atoms with Crippen molar-refractivity contribution < 1.29 is 23.1 Å². The van der Waals surface area contributed by atoms with Crippen LogP contribution < -0.4 is 4.72 Å². The Morgan fingerprint density at radius 1 is 1.31 bits per heavy atom. The molecule has 16 heavy (non-hydrogen) atoms. The molecule has 0 saturated carbocycles. The zero-order chi connectivity index (χ0) is 12.4. The molecule has 7 heteroatoms. The second-order valence-corrected chi connectivity index (χ2v) is 5.34. The molecule has 6 nitrogen and oxygen atoms in total. The van der Waals surface area contributed by atoms with Gasteiger partial charge in [-0.2, -0.15) is 0 Å². The van der Waals surface area contributed by atoms with E-state index in [1.807, 2.05) is 0 Å². The lowest BCUT2D eigenvalue weighted by atomic mass is 10.2. The molecular formula is C9H19NO5S. The minimum absolute atomic E-state index is 0.353. The van der Waals surface area contributed by atoms with Crippen LogP contribution in [0.25, 0.3) is 0 Å². The molecule has 0 aliphatic carbocycles. The lowest BCUT2D eigenvalue weighted by Gasteiger charge is -2.05. The van der Waals surface area contributed by atoms with Gasteiger partial charge in [0, 0.05) is 20.3 Å². The van der Waals surface area contributed by atoms with Gasteiger partial charge in [0.2, 0.25) is 10.0 Å². The fourth-order valence-corrected chi connectivity index (χ4v) is 2.11. The second kappa shape index (κ2) is 8.49. The SMILES string of the molecule is COCCCCCNS(=O)(=O)CCC(=O)O. The molecule has 0 amide bonds. The minimum Gasteiger partial charge on any atom is -0.481 e. The largest absolute Gasteiger partial charge is 0.481 e. The highest BCUT2D eigenvalue weighted by molar-refractivity contribution is 7.89. The Balaban J connectivity index is 3.55. The molecule has 0 heterocycles. The van der Waals surface area contributed by atoms with Crippen molar-refractivity contribution in [3.63, 3.8) is 0 Å². The van der Waals surface area contributed by atoms with E-state index in [1.54, 1.807) is 7.11 Å². The third kappa shape index (κ3) is 9.88. The second-order valence-electron chi connectivity index (χ2n) is 3.41. The highest BCUT2D eigenvalue weighted by Crippen LogP contribution is 1.96. The van der Waals surface area contributed by atoms with Gasteiger partial charge in [-0.3, -0.25) is 4.79 Å². The topological polar surface area (TPSA) is 92.7 Å². The quantitative estimate of drug-likeness (QED) is 0.542. The molecule has 0 fully saturated rings. The summed E-state index contributed by atoms with van der Waals surface area (Å²) in [5.41, 5.74) is 0. The van der Waals surface area contributed by atoms with Crippen LogP contribution in [-0.2, 0) is 19.6 Å². The Morgan fingerprint density at radius 3 is 2.56 bits per heavy atom. The number of nitrogens with one attached hydrogen (secondary N) is 1. The monoisotopic (exact) mass is 253 g/mol. The van der Waals surface area contributed by atoms with E-state index in [1.165, 1.54) is 0 Å². The van der Waals surface area contributed by atoms with Gasteiger partial charge in [-0.25, -0.2) is 13.1 Å². The van der Waals surface area contributed by atoms with Crippen LogP contribution in [0.4, 0.5) is 0 Å². The number of unbranched alkanes of at least 4 members (excludes halogenated alkanes) is 2. The zero-order valence-corrected chi connectivity index (χ0v) is 10.3. The first-order valence-corrected chi connectivity index (χ1v) is 6.81. The summed E-state index contributed by atoms with van der Waals surface area (Å²) < 4.78 is 29.7. The molecular weight excluding hydrogens is 234 g/mol. The van der Waals surface area contributed by atoms with Crippen LogP contribution in [0.1, 0.15) is 25.7 Å². The molecule has 0 radical (unpaired) electrons.